The van der Waals surface area contributed by atoms with E-state index >= 15 is 0 Å². The summed E-state index contributed by atoms with van der Waals surface area (Å²) in [5, 5.41) is 10.1. The molecule has 0 aliphatic carbocycles. The van der Waals surface area contributed by atoms with Crippen molar-refractivity contribution in [1.29, 1.82) is 5.26 Å². The van der Waals surface area contributed by atoms with Gasteiger partial charge in [0.15, 0.2) is 0 Å². The number of hydrogen-bond donors (Lipinski definition) is 1. The van der Waals surface area contributed by atoms with E-state index in [2.05, 4.69) is 6.07 Å². The quantitative estimate of drug-likeness (QED) is 0.824. The van der Waals surface area contributed by atoms with Crippen LogP contribution in [-0.2, 0) is 0 Å². The van der Waals surface area contributed by atoms with Crippen LogP contribution in [0.2, 0.25) is 10.0 Å². The van der Waals surface area contributed by atoms with Crippen molar-refractivity contribution in [3.8, 4) is 6.07 Å². The fourth-order valence-corrected chi connectivity index (χ4v) is 2.76. The van der Waals surface area contributed by atoms with Gasteiger partial charge < -0.3 is 5.73 Å². The molecule has 90 valence electrons. The fourth-order valence-electron chi connectivity index (χ4n) is 1.42. The van der Waals surface area contributed by atoms with Gasteiger partial charge in [0.2, 0.25) is 0 Å². The first-order valence-corrected chi connectivity index (χ1v) is 6.60. The highest BCUT2D eigenvalue weighted by Crippen LogP contribution is 2.35. The zero-order valence-corrected chi connectivity index (χ0v) is 11.5. The SMILES string of the molecule is N#Cc1c(N)cccc1Sc1ccc(Cl)c(Cl)c1. The second-order valence-corrected chi connectivity index (χ2v) is 5.44. The van der Waals surface area contributed by atoms with Crippen LogP contribution < -0.4 is 5.73 Å². The van der Waals surface area contributed by atoms with Crippen LogP contribution in [0.5, 0.6) is 0 Å². The van der Waals surface area contributed by atoms with Gasteiger partial charge in [0.1, 0.15) is 6.07 Å². The highest BCUT2D eigenvalue weighted by molar-refractivity contribution is 7.99. The minimum atomic E-state index is 0.475. The van der Waals surface area contributed by atoms with E-state index in [0.29, 0.717) is 21.3 Å². The van der Waals surface area contributed by atoms with Gasteiger partial charge in [0.05, 0.1) is 21.3 Å². The van der Waals surface area contributed by atoms with Crippen molar-refractivity contribution in [3.63, 3.8) is 0 Å². The Morgan fingerprint density at radius 3 is 2.56 bits per heavy atom. The normalized spacial score (nSPS) is 10.1. The highest BCUT2D eigenvalue weighted by Gasteiger charge is 2.08. The number of nitrogens with two attached hydrogens (primary N) is 1. The molecule has 2 aromatic rings. The molecule has 18 heavy (non-hydrogen) atoms. The van der Waals surface area contributed by atoms with Crippen LogP contribution in [0.3, 0.4) is 0 Å². The number of anilines is 1. The molecule has 0 heterocycles. The molecule has 0 radical (unpaired) electrons. The Morgan fingerprint density at radius 1 is 1.11 bits per heavy atom. The third-order valence-electron chi connectivity index (χ3n) is 2.29. The molecule has 0 unspecified atom stereocenters. The molecule has 0 aliphatic heterocycles. The Kier molecular flexibility index (Phi) is 4.03. The molecule has 0 amide bonds. The summed E-state index contributed by atoms with van der Waals surface area (Å²) < 4.78 is 0. The molecule has 2 rings (SSSR count). The van der Waals surface area contributed by atoms with E-state index in [-0.39, 0.29) is 0 Å². The molecule has 0 fully saturated rings. The van der Waals surface area contributed by atoms with Crippen LogP contribution in [0.25, 0.3) is 0 Å². The van der Waals surface area contributed by atoms with Crippen LogP contribution in [0.1, 0.15) is 5.56 Å². The predicted octanol–water partition coefficient (Wildman–Crippen LogP) is 4.60. The van der Waals surface area contributed by atoms with E-state index in [1.807, 2.05) is 18.2 Å². The first-order valence-electron chi connectivity index (χ1n) is 5.03. The molecular formula is C13H8Cl2N2S. The molecule has 0 aromatic heterocycles. The Balaban J connectivity index is 2.37. The van der Waals surface area contributed by atoms with Crippen LogP contribution in [0.15, 0.2) is 46.2 Å². The number of benzene rings is 2. The summed E-state index contributed by atoms with van der Waals surface area (Å²) in [6.07, 6.45) is 0. The number of rotatable bonds is 2. The maximum Gasteiger partial charge on any atom is 0.102 e. The second-order valence-electron chi connectivity index (χ2n) is 3.51. The Hall–Kier alpha value is -1.34. The fraction of sp³-hybridized carbons (Fsp3) is 0. The highest BCUT2D eigenvalue weighted by atomic mass is 35.5. The molecule has 2 aromatic carbocycles. The van der Waals surface area contributed by atoms with Crippen molar-refractivity contribution < 1.29 is 0 Å². The number of nitriles is 1. The lowest BCUT2D eigenvalue weighted by molar-refractivity contribution is 1.35. The van der Waals surface area contributed by atoms with Crippen molar-refractivity contribution in [2.45, 2.75) is 9.79 Å². The maximum atomic E-state index is 9.09. The van der Waals surface area contributed by atoms with Gasteiger partial charge in [-0.15, -0.1) is 0 Å². The number of halogens is 2. The van der Waals surface area contributed by atoms with Crippen molar-refractivity contribution in [2.24, 2.45) is 0 Å². The van der Waals surface area contributed by atoms with Gasteiger partial charge >= 0.3 is 0 Å². The average Bonchev–Trinajstić information content (AvgIpc) is 2.34. The van der Waals surface area contributed by atoms with E-state index in [4.69, 9.17) is 34.2 Å². The Labute approximate surface area is 119 Å². The third-order valence-corrected chi connectivity index (χ3v) is 4.08. The molecular weight excluding hydrogens is 287 g/mol. The summed E-state index contributed by atoms with van der Waals surface area (Å²) in [4.78, 5) is 1.71. The monoisotopic (exact) mass is 294 g/mol. The van der Waals surface area contributed by atoms with Gasteiger partial charge in [-0.2, -0.15) is 5.26 Å². The summed E-state index contributed by atoms with van der Waals surface area (Å²) >= 11 is 13.2. The lowest BCUT2D eigenvalue weighted by atomic mass is 10.2. The molecule has 0 aliphatic rings. The van der Waals surface area contributed by atoms with Gasteiger partial charge in [0.25, 0.3) is 0 Å². The van der Waals surface area contributed by atoms with Crippen molar-refractivity contribution in [1.82, 2.24) is 0 Å². The van der Waals surface area contributed by atoms with Gasteiger partial charge in [-0.3, -0.25) is 0 Å². The van der Waals surface area contributed by atoms with Crippen molar-refractivity contribution >= 4 is 40.7 Å². The Bertz CT molecular complexity index is 635. The van der Waals surface area contributed by atoms with Crippen molar-refractivity contribution in [2.75, 3.05) is 5.73 Å². The summed E-state index contributed by atoms with van der Waals surface area (Å²) in [5.41, 5.74) is 6.71. The molecule has 0 spiro atoms. The van der Waals surface area contributed by atoms with Crippen LogP contribution in [0, 0.1) is 11.3 Å². The minimum Gasteiger partial charge on any atom is -0.398 e. The Morgan fingerprint density at radius 2 is 1.89 bits per heavy atom. The molecule has 0 atom stereocenters. The molecule has 0 saturated carbocycles. The van der Waals surface area contributed by atoms with Gasteiger partial charge in [-0.25, -0.2) is 0 Å². The molecule has 2 N–H and O–H groups in total. The topological polar surface area (TPSA) is 49.8 Å². The number of nitrogens with zero attached hydrogens (tertiary/aromatic N) is 1. The number of nitrogen functional groups attached to an aromatic ring is 1. The number of hydrogen-bond acceptors (Lipinski definition) is 3. The first kappa shape index (κ1) is 13.1. The van der Waals surface area contributed by atoms with E-state index in [9.17, 15) is 0 Å². The predicted molar refractivity (Wildman–Crippen MR) is 76.2 cm³/mol. The van der Waals surface area contributed by atoms with E-state index < -0.39 is 0 Å². The molecule has 0 bridgehead atoms. The summed E-state index contributed by atoms with van der Waals surface area (Å²) in [5.74, 6) is 0. The van der Waals surface area contributed by atoms with Crippen LogP contribution in [0.4, 0.5) is 5.69 Å². The van der Waals surface area contributed by atoms with Gasteiger partial charge in [0, 0.05) is 9.79 Å². The summed E-state index contributed by atoms with van der Waals surface area (Å²) in [7, 11) is 0. The first-order chi connectivity index (χ1) is 8.61. The smallest absolute Gasteiger partial charge is 0.102 e. The summed E-state index contributed by atoms with van der Waals surface area (Å²) in [6.45, 7) is 0. The second kappa shape index (κ2) is 5.53. The average molecular weight is 295 g/mol. The zero-order valence-electron chi connectivity index (χ0n) is 9.15. The summed E-state index contributed by atoms with van der Waals surface area (Å²) in [6, 6.07) is 12.8. The van der Waals surface area contributed by atoms with Crippen LogP contribution in [-0.4, -0.2) is 0 Å². The van der Waals surface area contributed by atoms with E-state index in [0.717, 1.165) is 9.79 Å². The molecule has 5 heteroatoms. The van der Waals surface area contributed by atoms with Gasteiger partial charge in [-0.05, 0) is 30.3 Å². The molecule has 0 saturated heterocycles. The lowest BCUT2D eigenvalue weighted by Crippen LogP contribution is -1.91. The largest absolute Gasteiger partial charge is 0.398 e. The minimum absolute atomic E-state index is 0.475. The van der Waals surface area contributed by atoms with Gasteiger partial charge in [-0.1, -0.05) is 41.0 Å². The maximum absolute atomic E-state index is 9.09. The van der Waals surface area contributed by atoms with E-state index in [1.54, 1.807) is 18.2 Å². The molecule has 2 nitrogen and oxygen atoms in total. The van der Waals surface area contributed by atoms with E-state index in [1.165, 1.54) is 11.8 Å². The standard InChI is InChI=1S/C13H8Cl2N2S/c14-10-5-4-8(6-11(10)15)18-13-3-1-2-12(17)9(13)7-16/h1-6H,17H2. The van der Waals surface area contributed by atoms with Crippen LogP contribution >= 0.6 is 35.0 Å². The van der Waals surface area contributed by atoms with Crippen molar-refractivity contribution in [3.05, 3.63) is 52.0 Å². The lowest BCUT2D eigenvalue weighted by Gasteiger charge is -2.06. The zero-order chi connectivity index (χ0) is 13.1. The third kappa shape index (κ3) is 2.73.